The van der Waals surface area contributed by atoms with E-state index in [0.29, 0.717) is 27.2 Å². The third-order valence-corrected chi connectivity index (χ3v) is 5.32. The number of halogens is 1. The van der Waals surface area contributed by atoms with Gasteiger partial charge in [0.1, 0.15) is 0 Å². The summed E-state index contributed by atoms with van der Waals surface area (Å²) in [6.07, 6.45) is 1.78. The van der Waals surface area contributed by atoms with E-state index in [4.69, 9.17) is 9.47 Å². The Labute approximate surface area is 196 Å². The molecule has 0 aliphatic rings. The second-order valence-electron chi connectivity index (χ2n) is 7.27. The van der Waals surface area contributed by atoms with Gasteiger partial charge in [0.25, 0.3) is 5.91 Å². The normalized spacial score (nSPS) is 10.9. The lowest BCUT2D eigenvalue weighted by Gasteiger charge is -2.14. The average molecular weight is 491 g/mol. The second kappa shape index (κ2) is 10.7. The molecule has 3 aromatic rings. The predicted molar refractivity (Wildman–Crippen MR) is 131 cm³/mol. The first-order valence-electron chi connectivity index (χ1n) is 9.95. The summed E-state index contributed by atoms with van der Waals surface area (Å²) in [4.78, 5) is 12.3. The van der Waals surface area contributed by atoms with Gasteiger partial charge < -0.3 is 14.8 Å². The summed E-state index contributed by atoms with van der Waals surface area (Å²) in [5.74, 6) is 0.588. The fourth-order valence-electron chi connectivity index (χ4n) is 3.01. The molecule has 0 aromatic heterocycles. The van der Waals surface area contributed by atoms with Gasteiger partial charge in [-0.3, -0.25) is 4.79 Å². The molecule has 0 atom stereocenters. The smallest absolute Gasteiger partial charge is 0.262 e. The zero-order valence-electron chi connectivity index (χ0n) is 18.1. The summed E-state index contributed by atoms with van der Waals surface area (Å²) in [6.45, 7) is 3.81. The van der Waals surface area contributed by atoms with Crippen molar-refractivity contribution in [1.29, 1.82) is 5.26 Å². The van der Waals surface area contributed by atoms with Crippen LogP contribution in [0, 0.1) is 25.2 Å². The van der Waals surface area contributed by atoms with E-state index < -0.39 is 0 Å². The Balaban J connectivity index is 1.77. The molecule has 0 heterocycles. The molecular formula is C26H23BrN2O3. The second-order valence-corrected chi connectivity index (χ2v) is 8.13. The molecule has 5 nitrogen and oxygen atoms in total. The van der Waals surface area contributed by atoms with E-state index in [1.807, 2.05) is 68.4 Å². The number of ether oxygens (including phenoxy) is 2. The Kier molecular flexibility index (Phi) is 7.69. The molecule has 0 aliphatic carbocycles. The van der Waals surface area contributed by atoms with Gasteiger partial charge in [-0.25, -0.2) is 0 Å². The van der Waals surface area contributed by atoms with Gasteiger partial charge in [-0.15, -0.1) is 0 Å². The zero-order valence-corrected chi connectivity index (χ0v) is 19.7. The van der Waals surface area contributed by atoms with Gasteiger partial charge in [-0.05, 0) is 71.2 Å². The largest absolute Gasteiger partial charge is 0.493 e. The summed E-state index contributed by atoms with van der Waals surface area (Å²) in [5, 5.41) is 12.4. The summed E-state index contributed by atoms with van der Waals surface area (Å²) >= 11 is 3.49. The van der Waals surface area contributed by atoms with Crippen molar-refractivity contribution in [3.63, 3.8) is 0 Å². The van der Waals surface area contributed by atoms with Gasteiger partial charge in [-0.2, -0.15) is 5.26 Å². The van der Waals surface area contributed by atoms with Gasteiger partial charge in [-0.1, -0.05) is 47.5 Å². The van der Waals surface area contributed by atoms with Crippen LogP contribution >= 0.6 is 15.9 Å². The number of hydrogen-bond acceptors (Lipinski definition) is 4. The number of nitrogens with one attached hydrogen (secondary N) is 1. The first-order valence-corrected chi connectivity index (χ1v) is 10.7. The van der Waals surface area contributed by atoms with Crippen LogP contribution in [0.25, 0.3) is 11.6 Å². The summed E-state index contributed by atoms with van der Waals surface area (Å²) < 4.78 is 11.8. The number of aryl methyl sites for hydroxylation is 2. The fourth-order valence-corrected chi connectivity index (χ4v) is 3.59. The molecule has 162 valence electrons. The van der Waals surface area contributed by atoms with Crippen LogP contribution in [0.5, 0.6) is 11.5 Å². The van der Waals surface area contributed by atoms with Gasteiger partial charge in [0.05, 0.1) is 23.2 Å². The number of carbonyl (C=O) groups excluding carboxylic acids is 1. The van der Waals surface area contributed by atoms with Crippen molar-refractivity contribution in [2.24, 2.45) is 0 Å². The van der Waals surface area contributed by atoms with Gasteiger partial charge >= 0.3 is 0 Å². The lowest BCUT2D eigenvalue weighted by molar-refractivity contribution is -0.118. The molecule has 3 rings (SSSR count). The van der Waals surface area contributed by atoms with Crippen LogP contribution in [0.4, 0.5) is 5.69 Å². The summed E-state index contributed by atoms with van der Waals surface area (Å²) in [6, 6.07) is 21.1. The quantitative estimate of drug-likeness (QED) is 0.318. The van der Waals surface area contributed by atoms with Crippen molar-refractivity contribution in [1.82, 2.24) is 0 Å². The molecular weight excluding hydrogens is 468 g/mol. The molecule has 1 amide bonds. The SMILES string of the molecule is COc1cc(/C=C(/C#N)c2ccc(C)cc2)cc(Br)c1OCC(=O)Nc1ccc(C)cc1. The third kappa shape index (κ3) is 5.99. The maximum Gasteiger partial charge on any atom is 0.262 e. The minimum atomic E-state index is -0.280. The predicted octanol–water partition coefficient (Wildman–Crippen LogP) is 6.16. The number of nitrogens with zero attached hydrogens (tertiary/aromatic N) is 1. The number of methoxy groups -OCH3 is 1. The van der Waals surface area contributed by atoms with Crippen LogP contribution in [0.15, 0.2) is 65.1 Å². The summed E-state index contributed by atoms with van der Waals surface area (Å²) in [5.41, 5.74) is 5.08. The number of allylic oxidation sites excluding steroid dienone is 1. The van der Waals surface area contributed by atoms with Crippen molar-refractivity contribution < 1.29 is 14.3 Å². The average Bonchev–Trinajstić information content (AvgIpc) is 2.78. The maximum absolute atomic E-state index is 12.3. The standard InChI is InChI=1S/C26H23BrN2O3/c1-17-4-8-20(9-5-17)21(15-28)12-19-13-23(27)26(24(14-19)31-3)32-16-25(30)29-22-10-6-18(2)7-11-22/h4-14H,16H2,1-3H3,(H,29,30)/b21-12-. The number of amides is 1. The van der Waals surface area contributed by atoms with Crippen molar-refractivity contribution in [2.45, 2.75) is 13.8 Å². The molecule has 6 heteroatoms. The van der Waals surface area contributed by atoms with E-state index >= 15 is 0 Å². The lowest BCUT2D eigenvalue weighted by atomic mass is 10.0. The molecule has 0 fully saturated rings. The molecule has 32 heavy (non-hydrogen) atoms. The molecule has 0 radical (unpaired) electrons. The number of anilines is 1. The van der Waals surface area contributed by atoms with Crippen LogP contribution in [-0.2, 0) is 4.79 Å². The topological polar surface area (TPSA) is 71.3 Å². The monoisotopic (exact) mass is 490 g/mol. The molecule has 0 bridgehead atoms. The first-order chi connectivity index (χ1) is 15.4. The number of hydrogen-bond donors (Lipinski definition) is 1. The number of nitriles is 1. The van der Waals surface area contributed by atoms with Crippen molar-refractivity contribution in [2.75, 3.05) is 19.0 Å². The number of carbonyl (C=O) groups is 1. The number of rotatable bonds is 7. The van der Waals surface area contributed by atoms with E-state index in [1.54, 1.807) is 12.1 Å². The summed E-state index contributed by atoms with van der Waals surface area (Å²) in [7, 11) is 1.53. The molecule has 0 unspecified atom stereocenters. The Morgan fingerprint density at radius 3 is 2.28 bits per heavy atom. The zero-order chi connectivity index (χ0) is 23.1. The van der Waals surface area contributed by atoms with E-state index in [-0.39, 0.29) is 12.5 Å². The molecule has 0 saturated heterocycles. The van der Waals surface area contributed by atoms with Crippen molar-refractivity contribution >= 4 is 39.2 Å². The highest BCUT2D eigenvalue weighted by Crippen LogP contribution is 2.37. The Morgan fingerprint density at radius 2 is 1.69 bits per heavy atom. The van der Waals surface area contributed by atoms with Crippen LogP contribution < -0.4 is 14.8 Å². The van der Waals surface area contributed by atoms with E-state index in [2.05, 4.69) is 27.3 Å². The van der Waals surface area contributed by atoms with E-state index in [9.17, 15) is 10.1 Å². The van der Waals surface area contributed by atoms with Crippen LogP contribution in [-0.4, -0.2) is 19.6 Å². The third-order valence-electron chi connectivity index (χ3n) is 4.73. The minimum absolute atomic E-state index is 0.176. The Hall–Kier alpha value is -3.56. The molecule has 0 spiro atoms. The highest BCUT2D eigenvalue weighted by molar-refractivity contribution is 9.10. The minimum Gasteiger partial charge on any atom is -0.493 e. The molecule has 3 aromatic carbocycles. The highest BCUT2D eigenvalue weighted by atomic mass is 79.9. The first kappa shape index (κ1) is 23.1. The molecule has 0 aliphatic heterocycles. The van der Waals surface area contributed by atoms with Gasteiger partial charge in [0.15, 0.2) is 18.1 Å². The van der Waals surface area contributed by atoms with Crippen LogP contribution in [0.3, 0.4) is 0 Å². The van der Waals surface area contributed by atoms with E-state index in [0.717, 1.165) is 22.3 Å². The van der Waals surface area contributed by atoms with Gasteiger partial charge in [0, 0.05) is 5.69 Å². The fraction of sp³-hybridized carbons (Fsp3) is 0.154. The lowest BCUT2D eigenvalue weighted by Crippen LogP contribution is -2.20. The maximum atomic E-state index is 12.3. The van der Waals surface area contributed by atoms with E-state index in [1.165, 1.54) is 7.11 Å². The molecule has 1 N–H and O–H groups in total. The van der Waals surface area contributed by atoms with Gasteiger partial charge in [0.2, 0.25) is 0 Å². The Bertz CT molecular complexity index is 1180. The molecule has 0 saturated carbocycles. The Morgan fingerprint density at radius 1 is 1.06 bits per heavy atom. The van der Waals surface area contributed by atoms with Crippen LogP contribution in [0.2, 0.25) is 0 Å². The highest BCUT2D eigenvalue weighted by Gasteiger charge is 2.14. The van der Waals surface area contributed by atoms with Crippen molar-refractivity contribution in [3.05, 3.63) is 87.4 Å². The van der Waals surface area contributed by atoms with Crippen molar-refractivity contribution in [3.8, 4) is 17.6 Å². The number of benzene rings is 3. The van der Waals surface area contributed by atoms with Crippen LogP contribution in [0.1, 0.15) is 22.3 Å².